The van der Waals surface area contributed by atoms with Crippen molar-refractivity contribution in [3.05, 3.63) is 0 Å². The van der Waals surface area contributed by atoms with Crippen LogP contribution >= 0.6 is 0 Å². The van der Waals surface area contributed by atoms with Crippen molar-refractivity contribution in [2.24, 2.45) is 28.1 Å². The fourth-order valence-electron chi connectivity index (χ4n) is 4.00. The number of rotatable bonds is 8. The molecule has 2 atom stereocenters. The molecule has 1 aliphatic carbocycles. The molecule has 0 heterocycles. The van der Waals surface area contributed by atoms with Crippen molar-refractivity contribution in [2.45, 2.75) is 66.2 Å². The molecule has 0 aromatic heterocycles. The average molecular weight is 267 g/mol. The Kier molecular flexibility index (Phi) is 5.83. The second-order valence-corrected chi connectivity index (χ2v) is 5.84. The number of nitrogens with two attached hydrogens (primary N) is 1. The van der Waals surface area contributed by atoms with E-state index in [2.05, 4.69) is 31.3 Å². The third kappa shape index (κ3) is 3.48. The van der Waals surface area contributed by atoms with E-state index in [1.54, 1.807) is 0 Å². The summed E-state index contributed by atoms with van der Waals surface area (Å²) in [6.45, 7) is 8.77. The highest BCUT2D eigenvalue weighted by molar-refractivity contribution is 5.89. The Morgan fingerprint density at radius 2 is 1.79 bits per heavy atom. The van der Waals surface area contributed by atoms with Crippen molar-refractivity contribution in [1.82, 2.24) is 5.43 Å². The first-order valence-corrected chi connectivity index (χ1v) is 7.63. The highest BCUT2D eigenvalue weighted by Gasteiger charge is 2.62. The minimum Gasteiger partial charge on any atom is -0.350 e. The lowest BCUT2D eigenvalue weighted by atomic mass is 9.89. The van der Waals surface area contributed by atoms with Crippen LogP contribution in [0.2, 0.25) is 0 Å². The van der Waals surface area contributed by atoms with Crippen LogP contribution in [0.25, 0.3) is 0 Å². The van der Waals surface area contributed by atoms with E-state index in [0.717, 1.165) is 11.6 Å². The second kappa shape index (κ2) is 6.92. The summed E-state index contributed by atoms with van der Waals surface area (Å²) >= 11 is 0. The molecular weight excluding hydrogens is 238 g/mol. The largest absolute Gasteiger partial charge is 0.350 e. The molecule has 0 spiro atoms. The van der Waals surface area contributed by atoms with Crippen molar-refractivity contribution < 1.29 is 4.79 Å². The van der Waals surface area contributed by atoms with E-state index in [1.807, 2.05) is 6.92 Å². The van der Waals surface area contributed by atoms with Gasteiger partial charge in [-0.25, -0.2) is 10.2 Å². The molecule has 0 aliphatic heterocycles. The number of nitrogens with zero attached hydrogens (tertiary/aromatic N) is 1. The number of hydrazone groups is 1. The monoisotopic (exact) mass is 267 g/mol. The van der Waals surface area contributed by atoms with Crippen LogP contribution in [0.4, 0.5) is 4.79 Å². The van der Waals surface area contributed by atoms with Gasteiger partial charge in [0.1, 0.15) is 0 Å². The lowest BCUT2D eigenvalue weighted by Crippen LogP contribution is -2.26. The van der Waals surface area contributed by atoms with Crippen LogP contribution in [0.1, 0.15) is 66.2 Å². The summed E-state index contributed by atoms with van der Waals surface area (Å²) < 4.78 is 0. The van der Waals surface area contributed by atoms with E-state index in [-0.39, 0.29) is 0 Å². The van der Waals surface area contributed by atoms with Gasteiger partial charge in [0, 0.05) is 11.6 Å². The quantitative estimate of drug-likeness (QED) is 0.511. The maximum atomic E-state index is 10.8. The van der Waals surface area contributed by atoms with Crippen molar-refractivity contribution in [1.29, 1.82) is 0 Å². The first-order chi connectivity index (χ1) is 9.03. The van der Waals surface area contributed by atoms with Crippen molar-refractivity contribution in [3.8, 4) is 0 Å². The number of hydrogen-bond donors (Lipinski definition) is 2. The molecule has 1 rings (SSSR count). The topological polar surface area (TPSA) is 67.5 Å². The van der Waals surface area contributed by atoms with E-state index in [9.17, 15) is 4.79 Å². The summed E-state index contributed by atoms with van der Waals surface area (Å²) in [5, 5.41) is 4.17. The van der Waals surface area contributed by atoms with Gasteiger partial charge in [-0.1, -0.05) is 40.0 Å². The fraction of sp³-hybridized carbons (Fsp3) is 0.867. The predicted molar refractivity (Wildman–Crippen MR) is 80.0 cm³/mol. The molecule has 110 valence electrons. The molecule has 0 unspecified atom stereocenters. The first kappa shape index (κ1) is 16.0. The Labute approximate surface area is 117 Å². The van der Waals surface area contributed by atoms with Crippen LogP contribution in [0, 0.1) is 17.3 Å². The maximum Gasteiger partial charge on any atom is 0.332 e. The molecule has 1 aliphatic rings. The van der Waals surface area contributed by atoms with Gasteiger partial charge in [-0.2, -0.15) is 5.10 Å². The van der Waals surface area contributed by atoms with E-state index in [1.165, 1.54) is 38.5 Å². The number of urea groups is 1. The normalized spacial score (nSPS) is 25.2. The van der Waals surface area contributed by atoms with Crippen molar-refractivity contribution in [2.75, 3.05) is 0 Å². The molecule has 3 N–H and O–H groups in total. The Bertz CT molecular complexity index is 332. The van der Waals surface area contributed by atoms with Gasteiger partial charge in [-0.15, -0.1) is 0 Å². The summed E-state index contributed by atoms with van der Waals surface area (Å²) in [6.07, 6.45) is 7.43. The van der Waals surface area contributed by atoms with Crippen LogP contribution < -0.4 is 11.2 Å². The third-order valence-corrected chi connectivity index (χ3v) is 4.47. The Balaban J connectivity index is 2.83. The molecular formula is C15H29N3O. The highest BCUT2D eigenvalue weighted by atomic mass is 16.2. The molecule has 4 heteroatoms. The Morgan fingerprint density at radius 3 is 2.21 bits per heavy atom. The average Bonchev–Trinajstić information content (AvgIpc) is 2.95. The van der Waals surface area contributed by atoms with Crippen LogP contribution in [-0.4, -0.2) is 11.7 Å². The van der Waals surface area contributed by atoms with Crippen LogP contribution in [0.3, 0.4) is 0 Å². The van der Waals surface area contributed by atoms with Gasteiger partial charge in [-0.3, -0.25) is 0 Å². The highest BCUT2D eigenvalue weighted by Crippen LogP contribution is 2.66. The Morgan fingerprint density at radius 1 is 1.21 bits per heavy atom. The van der Waals surface area contributed by atoms with Crippen molar-refractivity contribution >= 4 is 11.7 Å². The van der Waals surface area contributed by atoms with E-state index < -0.39 is 6.03 Å². The maximum absolute atomic E-state index is 10.8. The van der Waals surface area contributed by atoms with Gasteiger partial charge in [0.15, 0.2) is 0 Å². The lowest BCUT2D eigenvalue weighted by molar-refractivity contribution is 0.249. The zero-order valence-electron chi connectivity index (χ0n) is 12.8. The number of primary amides is 1. The number of nitrogens with one attached hydrogen (secondary N) is 1. The zero-order valence-corrected chi connectivity index (χ0v) is 12.8. The number of carbonyl (C=O) groups is 1. The van der Waals surface area contributed by atoms with Crippen molar-refractivity contribution in [3.63, 3.8) is 0 Å². The van der Waals surface area contributed by atoms with E-state index >= 15 is 0 Å². The Hall–Kier alpha value is -1.06. The van der Waals surface area contributed by atoms with Crippen LogP contribution in [0.5, 0.6) is 0 Å². The first-order valence-electron chi connectivity index (χ1n) is 7.63. The van der Waals surface area contributed by atoms with E-state index in [0.29, 0.717) is 11.3 Å². The van der Waals surface area contributed by atoms with E-state index in [4.69, 9.17) is 5.73 Å². The molecule has 0 saturated heterocycles. The second-order valence-electron chi connectivity index (χ2n) is 5.84. The number of hydrogen-bond acceptors (Lipinski definition) is 2. The minimum atomic E-state index is -0.580. The van der Waals surface area contributed by atoms with Gasteiger partial charge in [0.05, 0.1) is 0 Å². The fourth-order valence-corrected chi connectivity index (χ4v) is 4.00. The summed E-state index contributed by atoms with van der Waals surface area (Å²) in [6, 6.07) is -0.580. The summed E-state index contributed by atoms with van der Waals surface area (Å²) in [5.41, 5.74) is 8.92. The smallest absolute Gasteiger partial charge is 0.332 e. The summed E-state index contributed by atoms with van der Waals surface area (Å²) in [4.78, 5) is 10.8. The van der Waals surface area contributed by atoms with Crippen LogP contribution in [-0.2, 0) is 0 Å². The standard InChI is InChI=1S/C15H29N3O/c1-5-8-12-13(11(4)17-18-14(16)19)15(12,9-6-2)10-7-3/h12-13H,5-10H2,1-4H3,(H3,16,18,19)/b17-11-/t12-,13+/m0/s1. The predicted octanol–water partition coefficient (Wildman–Crippen LogP) is 3.66. The number of carbonyl (C=O) groups excluding carboxylic acids is 1. The molecule has 4 nitrogen and oxygen atoms in total. The van der Waals surface area contributed by atoms with Gasteiger partial charge in [0.25, 0.3) is 0 Å². The van der Waals surface area contributed by atoms with Gasteiger partial charge >= 0.3 is 6.03 Å². The molecule has 1 saturated carbocycles. The van der Waals surface area contributed by atoms with Gasteiger partial charge < -0.3 is 5.73 Å². The molecule has 19 heavy (non-hydrogen) atoms. The molecule has 0 radical (unpaired) electrons. The SMILES string of the molecule is CCC[C@H]1[C@@H](/C(C)=N\NC(N)=O)C1(CCC)CCC. The number of amides is 2. The molecule has 2 amide bonds. The van der Waals surface area contributed by atoms with Gasteiger partial charge in [-0.05, 0) is 37.5 Å². The molecule has 0 aromatic rings. The molecule has 0 aromatic carbocycles. The lowest BCUT2D eigenvalue weighted by Gasteiger charge is -2.16. The third-order valence-electron chi connectivity index (χ3n) is 4.47. The zero-order chi connectivity index (χ0) is 14.5. The molecule has 0 bridgehead atoms. The summed E-state index contributed by atoms with van der Waals surface area (Å²) in [7, 11) is 0. The minimum absolute atomic E-state index is 0.423. The van der Waals surface area contributed by atoms with Gasteiger partial charge in [0.2, 0.25) is 0 Å². The molecule has 1 fully saturated rings. The summed E-state index contributed by atoms with van der Waals surface area (Å²) in [5.74, 6) is 1.26. The van der Waals surface area contributed by atoms with Crippen LogP contribution in [0.15, 0.2) is 5.10 Å².